The van der Waals surface area contributed by atoms with Crippen molar-refractivity contribution in [1.82, 2.24) is 5.32 Å². The highest BCUT2D eigenvalue weighted by atomic mass is 16.5. The molecular formula is C27H33N3O4. The van der Waals surface area contributed by atoms with E-state index < -0.39 is 5.92 Å². The van der Waals surface area contributed by atoms with Crippen molar-refractivity contribution in [2.75, 3.05) is 23.4 Å². The Labute approximate surface area is 200 Å². The van der Waals surface area contributed by atoms with Crippen LogP contribution in [0.1, 0.15) is 62.2 Å². The minimum atomic E-state index is -0.488. The van der Waals surface area contributed by atoms with E-state index in [4.69, 9.17) is 4.74 Å². The van der Waals surface area contributed by atoms with Crippen molar-refractivity contribution in [2.45, 2.75) is 57.9 Å². The third-order valence-corrected chi connectivity index (χ3v) is 6.49. The molecule has 1 saturated carbocycles. The highest BCUT2D eigenvalue weighted by Gasteiger charge is 2.35. The van der Waals surface area contributed by atoms with Gasteiger partial charge in [0.2, 0.25) is 11.8 Å². The van der Waals surface area contributed by atoms with Gasteiger partial charge in [0.05, 0.1) is 23.8 Å². The summed E-state index contributed by atoms with van der Waals surface area (Å²) in [5, 5.41) is 6.01. The highest BCUT2D eigenvalue weighted by Crippen LogP contribution is 2.28. The van der Waals surface area contributed by atoms with E-state index in [0.29, 0.717) is 24.4 Å². The Morgan fingerprint density at radius 2 is 1.76 bits per heavy atom. The van der Waals surface area contributed by atoms with Crippen molar-refractivity contribution in [1.29, 1.82) is 0 Å². The van der Waals surface area contributed by atoms with Crippen molar-refractivity contribution in [3.63, 3.8) is 0 Å². The van der Waals surface area contributed by atoms with Crippen LogP contribution in [0, 0.1) is 5.92 Å². The van der Waals surface area contributed by atoms with Crippen LogP contribution in [-0.4, -0.2) is 36.9 Å². The summed E-state index contributed by atoms with van der Waals surface area (Å²) in [5.41, 5.74) is 1.67. The molecule has 7 nitrogen and oxygen atoms in total. The van der Waals surface area contributed by atoms with Gasteiger partial charge in [-0.3, -0.25) is 14.4 Å². The van der Waals surface area contributed by atoms with Crippen molar-refractivity contribution in [3.8, 4) is 5.75 Å². The molecule has 0 bridgehead atoms. The summed E-state index contributed by atoms with van der Waals surface area (Å²) in [7, 11) is 0. The lowest BCUT2D eigenvalue weighted by molar-refractivity contribution is -0.122. The van der Waals surface area contributed by atoms with Crippen LogP contribution in [0.3, 0.4) is 0 Å². The van der Waals surface area contributed by atoms with E-state index in [1.807, 2.05) is 31.2 Å². The maximum atomic E-state index is 13.0. The Morgan fingerprint density at radius 1 is 1.03 bits per heavy atom. The topological polar surface area (TPSA) is 87.7 Å². The summed E-state index contributed by atoms with van der Waals surface area (Å²) in [6, 6.07) is 14.6. The van der Waals surface area contributed by atoms with E-state index in [2.05, 4.69) is 10.6 Å². The molecule has 7 heteroatoms. The molecule has 0 spiro atoms. The number of hydrogen-bond acceptors (Lipinski definition) is 4. The van der Waals surface area contributed by atoms with Crippen LogP contribution in [0.5, 0.6) is 5.75 Å². The van der Waals surface area contributed by atoms with E-state index in [1.165, 1.54) is 6.42 Å². The van der Waals surface area contributed by atoms with Gasteiger partial charge in [0, 0.05) is 24.7 Å². The van der Waals surface area contributed by atoms with Gasteiger partial charge in [0.1, 0.15) is 5.75 Å². The van der Waals surface area contributed by atoms with Crippen molar-refractivity contribution >= 4 is 29.1 Å². The molecular weight excluding hydrogens is 430 g/mol. The van der Waals surface area contributed by atoms with E-state index in [1.54, 1.807) is 29.2 Å². The Kier molecular flexibility index (Phi) is 7.83. The SMILES string of the molecule is CCCOc1ccc(N2C[C@H](C(=O)Nc3ccccc3C(=O)NC3CCCCC3)CC2=O)cc1. The van der Waals surface area contributed by atoms with Crippen molar-refractivity contribution in [2.24, 2.45) is 5.92 Å². The van der Waals surface area contributed by atoms with Gasteiger partial charge in [-0.15, -0.1) is 0 Å². The van der Waals surface area contributed by atoms with E-state index >= 15 is 0 Å². The molecule has 1 aliphatic carbocycles. The van der Waals surface area contributed by atoms with Gasteiger partial charge in [-0.1, -0.05) is 38.3 Å². The summed E-state index contributed by atoms with van der Waals surface area (Å²) < 4.78 is 5.60. The Bertz CT molecular complexity index is 1010. The van der Waals surface area contributed by atoms with Crippen molar-refractivity contribution < 1.29 is 19.1 Å². The van der Waals surface area contributed by atoms with E-state index in [-0.39, 0.29) is 30.2 Å². The lowest BCUT2D eigenvalue weighted by Gasteiger charge is -2.23. The molecule has 180 valence electrons. The molecule has 34 heavy (non-hydrogen) atoms. The summed E-state index contributed by atoms with van der Waals surface area (Å²) in [6.45, 7) is 2.99. The third-order valence-electron chi connectivity index (χ3n) is 6.49. The van der Waals surface area contributed by atoms with Crippen LogP contribution in [0.15, 0.2) is 48.5 Å². The number of hydrogen-bond donors (Lipinski definition) is 2. The number of nitrogens with one attached hydrogen (secondary N) is 2. The minimum absolute atomic E-state index is 0.0919. The Balaban J connectivity index is 1.38. The molecule has 2 N–H and O–H groups in total. The van der Waals surface area contributed by atoms with Gasteiger partial charge >= 0.3 is 0 Å². The lowest BCUT2D eigenvalue weighted by Crippen LogP contribution is -2.36. The third kappa shape index (κ3) is 5.76. The second-order valence-electron chi connectivity index (χ2n) is 9.09. The van der Waals surface area contributed by atoms with Crippen LogP contribution >= 0.6 is 0 Å². The first-order valence-corrected chi connectivity index (χ1v) is 12.3. The predicted octanol–water partition coefficient (Wildman–Crippen LogP) is 4.53. The molecule has 0 aromatic heterocycles. The number of nitrogens with zero attached hydrogens (tertiary/aromatic N) is 1. The van der Waals surface area contributed by atoms with Crippen LogP contribution in [-0.2, 0) is 9.59 Å². The zero-order chi connectivity index (χ0) is 23.9. The smallest absolute Gasteiger partial charge is 0.253 e. The molecule has 0 radical (unpaired) electrons. The largest absolute Gasteiger partial charge is 0.494 e. The maximum Gasteiger partial charge on any atom is 0.253 e. The average molecular weight is 464 g/mol. The molecule has 2 fully saturated rings. The number of para-hydroxylation sites is 1. The van der Waals surface area contributed by atoms with Gasteiger partial charge in [0.15, 0.2) is 0 Å². The van der Waals surface area contributed by atoms with Crippen LogP contribution in [0.2, 0.25) is 0 Å². The molecule has 2 aliphatic rings. The van der Waals surface area contributed by atoms with E-state index in [9.17, 15) is 14.4 Å². The molecule has 1 aliphatic heterocycles. The lowest BCUT2D eigenvalue weighted by atomic mass is 9.95. The molecule has 2 aromatic carbocycles. The zero-order valence-corrected chi connectivity index (χ0v) is 19.7. The average Bonchev–Trinajstić information content (AvgIpc) is 3.25. The highest BCUT2D eigenvalue weighted by molar-refractivity contribution is 6.07. The zero-order valence-electron chi connectivity index (χ0n) is 19.7. The predicted molar refractivity (Wildman–Crippen MR) is 132 cm³/mol. The number of carbonyl (C=O) groups is 3. The number of anilines is 2. The molecule has 1 heterocycles. The fraction of sp³-hybridized carbons (Fsp3) is 0.444. The maximum absolute atomic E-state index is 13.0. The molecule has 1 atom stereocenters. The number of ether oxygens (including phenoxy) is 1. The summed E-state index contributed by atoms with van der Waals surface area (Å²) >= 11 is 0. The quantitative estimate of drug-likeness (QED) is 0.602. The summed E-state index contributed by atoms with van der Waals surface area (Å²) in [4.78, 5) is 40.2. The molecule has 1 saturated heterocycles. The van der Waals surface area contributed by atoms with E-state index in [0.717, 1.165) is 43.5 Å². The second-order valence-corrected chi connectivity index (χ2v) is 9.09. The summed E-state index contributed by atoms with van der Waals surface area (Å²) in [5.74, 6) is -0.243. The molecule has 4 rings (SSSR count). The van der Waals surface area contributed by atoms with Gasteiger partial charge in [-0.05, 0) is 55.7 Å². The number of rotatable bonds is 8. The second kappa shape index (κ2) is 11.2. The normalized spacial score (nSPS) is 18.6. The first-order chi connectivity index (χ1) is 16.5. The minimum Gasteiger partial charge on any atom is -0.494 e. The van der Waals surface area contributed by atoms with Gasteiger partial charge in [0.25, 0.3) is 5.91 Å². The Hall–Kier alpha value is -3.35. The van der Waals surface area contributed by atoms with Gasteiger partial charge < -0.3 is 20.3 Å². The first kappa shape index (κ1) is 23.8. The van der Waals surface area contributed by atoms with Crippen LogP contribution < -0.4 is 20.3 Å². The fourth-order valence-electron chi connectivity index (χ4n) is 4.61. The van der Waals surface area contributed by atoms with Gasteiger partial charge in [-0.2, -0.15) is 0 Å². The monoisotopic (exact) mass is 463 g/mol. The fourth-order valence-corrected chi connectivity index (χ4v) is 4.61. The molecule has 0 unspecified atom stereocenters. The van der Waals surface area contributed by atoms with Crippen molar-refractivity contribution in [3.05, 3.63) is 54.1 Å². The molecule has 3 amide bonds. The first-order valence-electron chi connectivity index (χ1n) is 12.3. The number of carbonyl (C=O) groups excluding carboxylic acids is 3. The van der Waals surface area contributed by atoms with Crippen LogP contribution in [0.25, 0.3) is 0 Å². The summed E-state index contributed by atoms with van der Waals surface area (Å²) in [6.07, 6.45) is 6.52. The number of benzene rings is 2. The standard InChI is InChI=1S/C27H33N3O4/c1-2-16-34-22-14-12-21(13-15-22)30-18-19(17-25(30)31)26(32)29-24-11-7-6-10-23(24)27(33)28-20-8-4-3-5-9-20/h6-7,10-15,19-20H,2-5,8-9,16-18H2,1H3,(H,28,33)(H,29,32)/t19-/m1/s1. The van der Waals surface area contributed by atoms with Gasteiger partial charge in [-0.25, -0.2) is 0 Å². The number of amides is 3. The van der Waals surface area contributed by atoms with Crippen LogP contribution in [0.4, 0.5) is 11.4 Å². The Morgan fingerprint density at radius 3 is 2.50 bits per heavy atom. The molecule has 2 aromatic rings.